The average molecular weight is 270 g/mol. The van der Waals surface area contributed by atoms with Crippen LogP contribution in [0.4, 0.5) is 23.2 Å². The molecule has 0 unspecified atom stereocenters. The van der Waals surface area contributed by atoms with Crippen LogP contribution in [0.15, 0.2) is 29.6 Å². The number of nitrogens with one attached hydrogen (secondary N) is 1. The molecule has 2 aromatic rings. The maximum Gasteiger partial charge on any atom is 0.254 e. The second-order valence-electron chi connectivity index (χ2n) is 3.35. The predicted molar refractivity (Wildman–Crippen MR) is 59.5 cm³/mol. The van der Waals surface area contributed by atoms with Crippen LogP contribution < -0.4 is 5.43 Å². The fraction of sp³-hybridized carbons (Fsp3) is 0. The van der Waals surface area contributed by atoms with Gasteiger partial charge in [-0.15, -0.1) is 0 Å². The fourth-order valence-corrected chi connectivity index (χ4v) is 1.21. The standard InChI is InChI=1S/C11H6F4N4/c12-7-9(8(13)11(15)18-10(7)14)19-17-5-6-1-3-16-4-2-6/h1-5H,(H,18,19). The molecule has 0 bridgehead atoms. The number of hydrogen-bond donors (Lipinski definition) is 1. The van der Waals surface area contributed by atoms with Gasteiger partial charge in [-0.25, -0.2) is 0 Å². The number of halogens is 4. The zero-order valence-electron chi connectivity index (χ0n) is 9.24. The summed E-state index contributed by atoms with van der Waals surface area (Å²) in [6.45, 7) is 0. The molecule has 0 atom stereocenters. The van der Waals surface area contributed by atoms with E-state index < -0.39 is 29.2 Å². The summed E-state index contributed by atoms with van der Waals surface area (Å²) in [5, 5.41) is 3.47. The molecule has 0 aliphatic rings. The molecule has 4 nitrogen and oxygen atoms in total. The molecular weight excluding hydrogens is 264 g/mol. The smallest absolute Gasteiger partial charge is 0.254 e. The molecule has 0 amide bonds. The van der Waals surface area contributed by atoms with Crippen molar-refractivity contribution in [2.45, 2.75) is 0 Å². The van der Waals surface area contributed by atoms with Crippen molar-refractivity contribution in [1.29, 1.82) is 0 Å². The van der Waals surface area contributed by atoms with Crippen molar-refractivity contribution >= 4 is 11.9 Å². The summed E-state index contributed by atoms with van der Waals surface area (Å²) in [5.74, 6) is -6.79. The molecule has 0 fully saturated rings. The zero-order valence-corrected chi connectivity index (χ0v) is 9.24. The van der Waals surface area contributed by atoms with Crippen LogP contribution in [-0.4, -0.2) is 16.2 Å². The lowest BCUT2D eigenvalue weighted by Crippen LogP contribution is -2.05. The minimum absolute atomic E-state index is 0.582. The molecule has 8 heteroatoms. The molecule has 98 valence electrons. The van der Waals surface area contributed by atoms with Crippen LogP contribution in [0, 0.1) is 23.5 Å². The first-order chi connectivity index (χ1) is 9.09. The van der Waals surface area contributed by atoms with Gasteiger partial charge in [0, 0.05) is 12.4 Å². The maximum atomic E-state index is 13.2. The van der Waals surface area contributed by atoms with Crippen molar-refractivity contribution in [3.63, 3.8) is 0 Å². The lowest BCUT2D eigenvalue weighted by Gasteiger charge is -2.04. The van der Waals surface area contributed by atoms with Gasteiger partial charge in [0.25, 0.3) is 11.9 Å². The molecule has 2 aromatic heterocycles. The summed E-state index contributed by atoms with van der Waals surface area (Å²) in [5.41, 5.74) is 1.43. The number of anilines is 1. The van der Waals surface area contributed by atoms with Crippen molar-refractivity contribution in [2.24, 2.45) is 5.10 Å². The van der Waals surface area contributed by atoms with Crippen LogP contribution in [0.1, 0.15) is 5.56 Å². The molecule has 2 heterocycles. The Hall–Kier alpha value is -2.51. The number of aromatic nitrogens is 2. The second kappa shape index (κ2) is 5.42. The van der Waals surface area contributed by atoms with Gasteiger partial charge < -0.3 is 0 Å². The third-order valence-corrected chi connectivity index (χ3v) is 2.09. The third-order valence-electron chi connectivity index (χ3n) is 2.09. The molecular formula is C11H6F4N4. The summed E-state index contributed by atoms with van der Waals surface area (Å²) in [4.78, 5) is 6.17. The van der Waals surface area contributed by atoms with E-state index in [0.717, 1.165) is 0 Å². The lowest BCUT2D eigenvalue weighted by molar-refractivity contribution is 0.411. The van der Waals surface area contributed by atoms with Crippen molar-refractivity contribution in [3.05, 3.63) is 53.6 Å². The normalized spacial score (nSPS) is 10.9. The summed E-state index contributed by atoms with van der Waals surface area (Å²) >= 11 is 0. The molecule has 0 saturated heterocycles. The quantitative estimate of drug-likeness (QED) is 0.403. The first-order valence-corrected chi connectivity index (χ1v) is 4.98. The Morgan fingerprint density at radius 3 is 2.16 bits per heavy atom. The molecule has 1 N–H and O–H groups in total. The summed E-state index contributed by atoms with van der Waals surface area (Å²) in [6.07, 6.45) is 4.17. The van der Waals surface area contributed by atoms with E-state index in [4.69, 9.17) is 0 Å². The Morgan fingerprint density at radius 2 is 1.58 bits per heavy atom. The second-order valence-corrected chi connectivity index (χ2v) is 3.35. The van der Waals surface area contributed by atoms with E-state index in [-0.39, 0.29) is 0 Å². The molecule has 0 saturated carbocycles. The van der Waals surface area contributed by atoms with Crippen LogP contribution in [0.2, 0.25) is 0 Å². The number of nitrogens with zero attached hydrogens (tertiary/aromatic N) is 3. The van der Waals surface area contributed by atoms with Gasteiger partial charge >= 0.3 is 0 Å². The number of pyridine rings is 2. The minimum atomic E-state index is -1.75. The van der Waals surface area contributed by atoms with Crippen LogP contribution >= 0.6 is 0 Å². The van der Waals surface area contributed by atoms with E-state index in [1.165, 1.54) is 18.6 Å². The van der Waals surface area contributed by atoms with Gasteiger partial charge in [-0.05, 0) is 17.7 Å². The van der Waals surface area contributed by atoms with Crippen LogP contribution in [0.3, 0.4) is 0 Å². The Bertz CT molecular complexity index is 590. The van der Waals surface area contributed by atoms with Crippen LogP contribution in [0.5, 0.6) is 0 Å². The molecule has 0 aliphatic carbocycles. The van der Waals surface area contributed by atoms with Gasteiger partial charge in [0.1, 0.15) is 5.69 Å². The molecule has 0 radical (unpaired) electrons. The Kier molecular flexibility index (Phi) is 3.69. The molecule has 0 spiro atoms. The predicted octanol–water partition coefficient (Wildman–Crippen LogP) is 2.48. The van der Waals surface area contributed by atoms with E-state index in [1.807, 2.05) is 5.43 Å². The van der Waals surface area contributed by atoms with Gasteiger partial charge in [0.05, 0.1) is 6.21 Å². The third kappa shape index (κ3) is 2.84. The zero-order chi connectivity index (χ0) is 13.8. The SMILES string of the molecule is Fc1nc(F)c(F)c(NN=Cc2ccncc2)c1F. The van der Waals surface area contributed by atoms with Crippen LogP contribution in [-0.2, 0) is 0 Å². The Morgan fingerprint density at radius 1 is 1.00 bits per heavy atom. The maximum absolute atomic E-state index is 13.2. The lowest BCUT2D eigenvalue weighted by atomic mass is 10.3. The number of hydrazone groups is 1. The van der Waals surface area contributed by atoms with Gasteiger partial charge in [-0.1, -0.05) is 0 Å². The van der Waals surface area contributed by atoms with E-state index in [9.17, 15) is 17.6 Å². The van der Waals surface area contributed by atoms with Gasteiger partial charge in [0.2, 0.25) is 11.6 Å². The summed E-state index contributed by atoms with van der Waals surface area (Å²) < 4.78 is 51.9. The summed E-state index contributed by atoms with van der Waals surface area (Å²) in [7, 11) is 0. The van der Waals surface area contributed by atoms with E-state index in [0.29, 0.717) is 5.56 Å². The first-order valence-electron chi connectivity index (χ1n) is 4.98. The van der Waals surface area contributed by atoms with Crippen molar-refractivity contribution in [1.82, 2.24) is 9.97 Å². The monoisotopic (exact) mass is 270 g/mol. The van der Waals surface area contributed by atoms with E-state index in [1.54, 1.807) is 12.1 Å². The summed E-state index contributed by atoms with van der Waals surface area (Å²) in [6, 6.07) is 3.15. The van der Waals surface area contributed by atoms with Crippen molar-refractivity contribution in [3.8, 4) is 0 Å². The molecule has 0 aliphatic heterocycles. The van der Waals surface area contributed by atoms with Gasteiger partial charge in [-0.3, -0.25) is 10.4 Å². The highest BCUT2D eigenvalue weighted by Crippen LogP contribution is 2.21. The van der Waals surface area contributed by atoms with Gasteiger partial charge in [-0.2, -0.15) is 27.6 Å². The fourth-order valence-electron chi connectivity index (χ4n) is 1.21. The van der Waals surface area contributed by atoms with E-state index >= 15 is 0 Å². The Labute approximate surface area is 104 Å². The Balaban J connectivity index is 2.23. The highest BCUT2D eigenvalue weighted by atomic mass is 19.2. The van der Waals surface area contributed by atoms with Gasteiger partial charge in [0.15, 0.2) is 0 Å². The van der Waals surface area contributed by atoms with E-state index in [2.05, 4.69) is 15.1 Å². The first kappa shape index (κ1) is 12.9. The highest BCUT2D eigenvalue weighted by molar-refractivity contribution is 5.79. The molecule has 0 aromatic carbocycles. The minimum Gasteiger partial charge on any atom is -0.272 e. The molecule has 19 heavy (non-hydrogen) atoms. The van der Waals surface area contributed by atoms with Crippen LogP contribution in [0.25, 0.3) is 0 Å². The highest BCUT2D eigenvalue weighted by Gasteiger charge is 2.20. The average Bonchev–Trinajstić information content (AvgIpc) is 2.42. The number of hydrogen-bond acceptors (Lipinski definition) is 4. The van der Waals surface area contributed by atoms with Crippen molar-refractivity contribution in [2.75, 3.05) is 5.43 Å². The topological polar surface area (TPSA) is 50.2 Å². The molecule has 2 rings (SSSR count). The largest absolute Gasteiger partial charge is 0.272 e. The van der Waals surface area contributed by atoms with Crippen molar-refractivity contribution < 1.29 is 17.6 Å². The number of rotatable bonds is 3.